The van der Waals surface area contributed by atoms with Crippen LogP contribution in [0.2, 0.25) is 0 Å². The predicted octanol–water partition coefficient (Wildman–Crippen LogP) is 4.99. The van der Waals surface area contributed by atoms with Crippen LogP contribution in [-0.2, 0) is 0 Å². The lowest BCUT2D eigenvalue weighted by Gasteiger charge is -2.36. The number of hydrogen-bond donors (Lipinski definition) is 1. The largest absolute Gasteiger partial charge is 0.493 e. The second-order valence-corrected chi connectivity index (χ2v) is 7.54. The monoisotopic (exact) mass is 372 g/mol. The highest BCUT2D eigenvalue weighted by Crippen LogP contribution is 2.52. The Morgan fingerprint density at radius 3 is 2.68 bits per heavy atom. The standard InChI is InChI=1S/C24H24N2O2/c1-27-21-6-2-5-20-23(16-9-12-25-13-10-16)19-8-7-17(14-22(19)28-24(20)21)18-4-3-11-26-15-18/h2-8,11,14-16,23,25H,9-10,12-13H2,1H3. The Kier molecular flexibility index (Phi) is 4.49. The third kappa shape index (κ3) is 2.94. The summed E-state index contributed by atoms with van der Waals surface area (Å²) in [6, 6.07) is 16.9. The molecular formula is C24H24N2O2. The van der Waals surface area contributed by atoms with Gasteiger partial charge in [0.1, 0.15) is 5.75 Å². The van der Waals surface area contributed by atoms with E-state index in [1.807, 2.05) is 18.3 Å². The average molecular weight is 372 g/mol. The Morgan fingerprint density at radius 1 is 1.00 bits per heavy atom. The number of nitrogens with one attached hydrogen (secondary N) is 1. The Labute approximate surface area is 165 Å². The van der Waals surface area contributed by atoms with Crippen LogP contribution in [0.15, 0.2) is 60.9 Å². The van der Waals surface area contributed by atoms with Crippen LogP contribution in [0.1, 0.15) is 29.9 Å². The number of methoxy groups -OCH3 is 1. The predicted molar refractivity (Wildman–Crippen MR) is 110 cm³/mol. The molecule has 2 aliphatic heterocycles. The molecule has 4 heteroatoms. The van der Waals surface area contributed by atoms with Crippen LogP contribution in [0.4, 0.5) is 0 Å². The highest BCUT2D eigenvalue weighted by Gasteiger charge is 2.35. The zero-order valence-corrected chi connectivity index (χ0v) is 16.0. The first-order valence-electron chi connectivity index (χ1n) is 9.95. The summed E-state index contributed by atoms with van der Waals surface area (Å²) < 4.78 is 12.1. The molecule has 28 heavy (non-hydrogen) atoms. The third-order valence-corrected chi connectivity index (χ3v) is 5.98. The van der Waals surface area contributed by atoms with E-state index in [0.29, 0.717) is 11.8 Å². The molecule has 2 aliphatic rings. The molecule has 1 atom stereocenters. The molecule has 0 radical (unpaired) electrons. The lowest BCUT2D eigenvalue weighted by atomic mass is 9.74. The molecule has 2 aromatic carbocycles. The van der Waals surface area contributed by atoms with Crippen LogP contribution >= 0.6 is 0 Å². The molecule has 142 valence electrons. The van der Waals surface area contributed by atoms with Crippen LogP contribution in [0.25, 0.3) is 11.1 Å². The highest BCUT2D eigenvalue weighted by atomic mass is 16.5. The van der Waals surface area contributed by atoms with Crippen molar-refractivity contribution in [1.82, 2.24) is 10.3 Å². The Morgan fingerprint density at radius 2 is 1.89 bits per heavy atom. The molecule has 3 aromatic rings. The molecule has 1 saturated heterocycles. The number of para-hydroxylation sites is 1. The molecule has 0 bridgehead atoms. The van der Waals surface area contributed by atoms with Crippen LogP contribution in [0.3, 0.4) is 0 Å². The summed E-state index contributed by atoms with van der Waals surface area (Å²) >= 11 is 0. The number of pyridine rings is 1. The minimum atomic E-state index is 0.332. The second-order valence-electron chi connectivity index (χ2n) is 7.54. The summed E-state index contributed by atoms with van der Waals surface area (Å²) in [5, 5.41) is 3.49. The Hall–Kier alpha value is -2.85. The van der Waals surface area contributed by atoms with Crippen molar-refractivity contribution >= 4 is 0 Å². The first kappa shape index (κ1) is 17.3. The fourth-order valence-electron chi connectivity index (χ4n) is 4.60. The van der Waals surface area contributed by atoms with Crippen molar-refractivity contribution in [2.24, 2.45) is 5.92 Å². The molecule has 0 amide bonds. The summed E-state index contributed by atoms with van der Waals surface area (Å²) in [4.78, 5) is 4.26. The molecular weight excluding hydrogens is 348 g/mol. The first-order valence-corrected chi connectivity index (χ1v) is 9.95. The molecule has 1 fully saturated rings. The van der Waals surface area contributed by atoms with Crippen molar-refractivity contribution in [2.75, 3.05) is 20.2 Å². The van der Waals surface area contributed by atoms with Gasteiger partial charge in [-0.3, -0.25) is 4.98 Å². The van der Waals surface area contributed by atoms with Gasteiger partial charge in [-0.15, -0.1) is 0 Å². The van der Waals surface area contributed by atoms with E-state index in [9.17, 15) is 0 Å². The first-order chi connectivity index (χ1) is 13.8. The van der Waals surface area contributed by atoms with E-state index in [1.54, 1.807) is 13.3 Å². The van der Waals surface area contributed by atoms with Crippen LogP contribution < -0.4 is 14.8 Å². The summed E-state index contributed by atoms with van der Waals surface area (Å²) in [6.07, 6.45) is 6.03. The van der Waals surface area contributed by atoms with Gasteiger partial charge in [-0.05, 0) is 55.6 Å². The van der Waals surface area contributed by atoms with E-state index in [1.165, 1.54) is 24.0 Å². The smallest absolute Gasteiger partial charge is 0.173 e. The maximum Gasteiger partial charge on any atom is 0.173 e. The maximum atomic E-state index is 6.42. The van der Waals surface area contributed by atoms with Gasteiger partial charge in [0.2, 0.25) is 0 Å². The summed E-state index contributed by atoms with van der Waals surface area (Å²) in [7, 11) is 1.71. The number of piperidine rings is 1. The van der Waals surface area contributed by atoms with Gasteiger partial charge in [-0.2, -0.15) is 0 Å². The van der Waals surface area contributed by atoms with Crippen molar-refractivity contribution < 1.29 is 9.47 Å². The second kappa shape index (κ2) is 7.28. The van der Waals surface area contributed by atoms with Crippen LogP contribution in [0, 0.1) is 5.92 Å². The van der Waals surface area contributed by atoms with E-state index in [-0.39, 0.29) is 0 Å². The molecule has 0 saturated carbocycles. The normalized spacial score (nSPS) is 18.7. The quantitative estimate of drug-likeness (QED) is 0.703. The molecule has 1 N–H and O–H groups in total. The zero-order chi connectivity index (χ0) is 18.9. The van der Waals surface area contributed by atoms with E-state index in [4.69, 9.17) is 9.47 Å². The van der Waals surface area contributed by atoms with Crippen molar-refractivity contribution in [3.63, 3.8) is 0 Å². The zero-order valence-electron chi connectivity index (χ0n) is 16.0. The maximum absolute atomic E-state index is 6.42. The third-order valence-electron chi connectivity index (χ3n) is 5.98. The summed E-state index contributed by atoms with van der Waals surface area (Å²) in [6.45, 7) is 2.15. The van der Waals surface area contributed by atoms with E-state index in [0.717, 1.165) is 41.5 Å². The molecule has 4 nitrogen and oxygen atoms in total. The van der Waals surface area contributed by atoms with Gasteiger partial charge in [0.05, 0.1) is 7.11 Å². The number of aromatic nitrogens is 1. The van der Waals surface area contributed by atoms with Gasteiger partial charge in [-0.25, -0.2) is 0 Å². The molecule has 0 aliphatic carbocycles. The van der Waals surface area contributed by atoms with E-state index in [2.05, 4.69) is 46.7 Å². The van der Waals surface area contributed by atoms with Crippen molar-refractivity contribution in [1.29, 1.82) is 0 Å². The van der Waals surface area contributed by atoms with Crippen molar-refractivity contribution in [3.05, 3.63) is 72.1 Å². The molecule has 1 unspecified atom stereocenters. The lowest BCUT2D eigenvalue weighted by Crippen LogP contribution is -2.32. The lowest BCUT2D eigenvalue weighted by molar-refractivity contribution is 0.313. The highest BCUT2D eigenvalue weighted by molar-refractivity contribution is 5.68. The van der Waals surface area contributed by atoms with Gasteiger partial charge in [0.25, 0.3) is 0 Å². The number of ether oxygens (including phenoxy) is 2. The number of fused-ring (bicyclic) bond motifs is 2. The number of rotatable bonds is 3. The summed E-state index contributed by atoms with van der Waals surface area (Å²) in [5.74, 6) is 3.53. The molecule has 0 spiro atoms. The fourth-order valence-corrected chi connectivity index (χ4v) is 4.60. The molecule has 3 heterocycles. The van der Waals surface area contributed by atoms with Gasteiger partial charge < -0.3 is 14.8 Å². The van der Waals surface area contributed by atoms with Crippen LogP contribution in [-0.4, -0.2) is 25.2 Å². The number of hydrogen-bond acceptors (Lipinski definition) is 4. The SMILES string of the molecule is COc1cccc2c1Oc1cc(-c3cccnc3)ccc1C2C1CCNCC1. The minimum absolute atomic E-state index is 0.332. The van der Waals surface area contributed by atoms with Gasteiger partial charge >= 0.3 is 0 Å². The molecule has 5 rings (SSSR count). The van der Waals surface area contributed by atoms with E-state index < -0.39 is 0 Å². The van der Waals surface area contributed by atoms with E-state index >= 15 is 0 Å². The van der Waals surface area contributed by atoms with Crippen LogP contribution in [0.5, 0.6) is 17.2 Å². The average Bonchev–Trinajstić information content (AvgIpc) is 2.78. The fraction of sp³-hybridized carbons (Fsp3) is 0.292. The van der Waals surface area contributed by atoms with Crippen molar-refractivity contribution in [2.45, 2.75) is 18.8 Å². The molecule has 1 aromatic heterocycles. The number of nitrogens with zero attached hydrogens (tertiary/aromatic N) is 1. The van der Waals surface area contributed by atoms with Gasteiger partial charge in [0, 0.05) is 35.0 Å². The number of benzene rings is 2. The Bertz CT molecular complexity index is 981. The Balaban J connectivity index is 1.64. The summed E-state index contributed by atoms with van der Waals surface area (Å²) in [5.41, 5.74) is 4.74. The minimum Gasteiger partial charge on any atom is -0.493 e. The van der Waals surface area contributed by atoms with Gasteiger partial charge in [-0.1, -0.05) is 30.3 Å². The van der Waals surface area contributed by atoms with Crippen molar-refractivity contribution in [3.8, 4) is 28.4 Å². The van der Waals surface area contributed by atoms with Gasteiger partial charge in [0.15, 0.2) is 11.5 Å². The topological polar surface area (TPSA) is 43.4 Å².